The van der Waals surface area contributed by atoms with Crippen molar-refractivity contribution in [2.75, 3.05) is 6.54 Å². The maximum Gasteiger partial charge on any atom is 0.287 e. The maximum absolute atomic E-state index is 11.6. The standard InChI is InChI=1S/C14H10N2O4/c1-2-9-15-14(17)13-8-7-12(20-13)10-3-5-11(6-4-10)16(18)19/h1,3-8H,9H2,(H,15,17). The number of hydrogen-bond acceptors (Lipinski definition) is 4. The number of furan rings is 1. The molecule has 1 N–H and O–H groups in total. The molecule has 0 atom stereocenters. The van der Waals surface area contributed by atoms with Crippen LogP contribution in [0.25, 0.3) is 11.3 Å². The van der Waals surface area contributed by atoms with Gasteiger partial charge < -0.3 is 9.73 Å². The SMILES string of the molecule is C#CCNC(=O)c1ccc(-c2ccc([N+](=O)[O-])cc2)o1. The average molecular weight is 270 g/mol. The second kappa shape index (κ2) is 5.71. The minimum absolute atomic E-state index is 0.00714. The van der Waals surface area contributed by atoms with Gasteiger partial charge in [0.1, 0.15) is 5.76 Å². The van der Waals surface area contributed by atoms with Gasteiger partial charge in [0.2, 0.25) is 0 Å². The molecule has 0 aliphatic rings. The van der Waals surface area contributed by atoms with E-state index >= 15 is 0 Å². The van der Waals surface area contributed by atoms with E-state index in [1.165, 1.54) is 18.2 Å². The number of carbonyl (C=O) groups is 1. The number of nitrogens with zero attached hydrogens (tertiary/aromatic N) is 1. The molecule has 2 aromatic rings. The predicted octanol–water partition coefficient (Wildman–Crippen LogP) is 2.22. The van der Waals surface area contributed by atoms with Gasteiger partial charge in [-0.15, -0.1) is 6.42 Å². The van der Waals surface area contributed by atoms with Crippen LogP contribution in [0.5, 0.6) is 0 Å². The minimum atomic E-state index is -0.482. The Bertz CT molecular complexity index is 680. The summed E-state index contributed by atoms with van der Waals surface area (Å²) in [6.07, 6.45) is 5.04. The van der Waals surface area contributed by atoms with Gasteiger partial charge in [-0.05, 0) is 24.3 Å². The van der Waals surface area contributed by atoms with Gasteiger partial charge in [0, 0.05) is 17.7 Å². The molecule has 1 aromatic heterocycles. The monoisotopic (exact) mass is 270 g/mol. The molecule has 6 nitrogen and oxygen atoms in total. The van der Waals surface area contributed by atoms with E-state index < -0.39 is 10.8 Å². The molecule has 0 bridgehead atoms. The highest BCUT2D eigenvalue weighted by molar-refractivity contribution is 5.92. The van der Waals surface area contributed by atoms with Gasteiger partial charge >= 0.3 is 0 Å². The third-order valence-electron chi connectivity index (χ3n) is 2.54. The van der Waals surface area contributed by atoms with E-state index in [1.54, 1.807) is 18.2 Å². The first-order valence-electron chi connectivity index (χ1n) is 5.68. The van der Waals surface area contributed by atoms with E-state index in [4.69, 9.17) is 10.8 Å². The van der Waals surface area contributed by atoms with E-state index in [2.05, 4.69) is 11.2 Å². The third kappa shape index (κ3) is 2.84. The van der Waals surface area contributed by atoms with Crippen LogP contribution in [-0.4, -0.2) is 17.4 Å². The normalized spacial score (nSPS) is 9.75. The van der Waals surface area contributed by atoms with Gasteiger partial charge in [0.05, 0.1) is 11.5 Å². The van der Waals surface area contributed by atoms with Crippen LogP contribution >= 0.6 is 0 Å². The summed E-state index contributed by atoms with van der Waals surface area (Å²) < 4.78 is 5.38. The second-order valence-corrected chi connectivity index (χ2v) is 3.85. The van der Waals surface area contributed by atoms with Crippen molar-refractivity contribution in [1.82, 2.24) is 5.32 Å². The molecule has 0 aliphatic carbocycles. The Morgan fingerprint density at radius 2 is 2.00 bits per heavy atom. The Hall–Kier alpha value is -3.07. The van der Waals surface area contributed by atoms with Gasteiger partial charge in [0.25, 0.3) is 11.6 Å². The zero-order chi connectivity index (χ0) is 14.5. The summed E-state index contributed by atoms with van der Waals surface area (Å²) in [4.78, 5) is 21.7. The predicted molar refractivity (Wildman–Crippen MR) is 72.0 cm³/mol. The number of nitrogens with one attached hydrogen (secondary N) is 1. The molecule has 0 saturated carbocycles. The van der Waals surface area contributed by atoms with Crippen LogP contribution in [0.2, 0.25) is 0 Å². The second-order valence-electron chi connectivity index (χ2n) is 3.85. The Morgan fingerprint density at radius 1 is 1.30 bits per heavy atom. The van der Waals surface area contributed by atoms with Gasteiger partial charge in [0.15, 0.2) is 5.76 Å². The largest absolute Gasteiger partial charge is 0.451 e. The van der Waals surface area contributed by atoms with Crippen LogP contribution < -0.4 is 5.32 Å². The van der Waals surface area contributed by atoms with Crippen molar-refractivity contribution in [3.63, 3.8) is 0 Å². The van der Waals surface area contributed by atoms with E-state index in [-0.39, 0.29) is 18.0 Å². The Kier molecular flexibility index (Phi) is 3.82. The molecule has 6 heteroatoms. The first-order chi connectivity index (χ1) is 9.61. The molecule has 1 amide bonds. The molecular weight excluding hydrogens is 260 g/mol. The number of non-ortho nitro benzene ring substituents is 1. The summed E-state index contributed by atoms with van der Waals surface area (Å²) in [6, 6.07) is 8.99. The number of rotatable bonds is 4. The van der Waals surface area contributed by atoms with Crippen molar-refractivity contribution >= 4 is 11.6 Å². The number of nitro benzene ring substituents is 1. The first kappa shape index (κ1) is 13.4. The van der Waals surface area contributed by atoms with Crippen LogP contribution in [0.15, 0.2) is 40.8 Å². The number of carbonyl (C=O) groups excluding carboxylic acids is 1. The van der Waals surface area contributed by atoms with Crippen molar-refractivity contribution in [3.8, 4) is 23.7 Å². The molecule has 0 spiro atoms. The van der Waals surface area contributed by atoms with Gasteiger partial charge in [-0.1, -0.05) is 5.92 Å². The smallest absolute Gasteiger partial charge is 0.287 e. The number of terminal acetylenes is 1. The highest BCUT2D eigenvalue weighted by Crippen LogP contribution is 2.24. The fraction of sp³-hybridized carbons (Fsp3) is 0.0714. The summed E-state index contributed by atoms with van der Waals surface area (Å²) >= 11 is 0. The lowest BCUT2D eigenvalue weighted by Gasteiger charge is -1.98. The molecule has 1 heterocycles. The van der Waals surface area contributed by atoms with Crippen molar-refractivity contribution in [2.24, 2.45) is 0 Å². The molecule has 100 valence electrons. The summed E-state index contributed by atoms with van der Waals surface area (Å²) in [5, 5.41) is 13.0. The van der Waals surface area contributed by atoms with Crippen LogP contribution in [0.1, 0.15) is 10.6 Å². The first-order valence-corrected chi connectivity index (χ1v) is 5.68. The molecule has 20 heavy (non-hydrogen) atoms. The summed E-state index contributed by atoms with van der Waals surface area (Å²) in [7, 11) is 0. The van der Waals surface area contributed by atoms with Crippen molar-refractivity contribution in [1.29, 1.82) is 0 Å². The van der Waals surface area contributed by atoms with Crippen molar-refractivity contribution in [2.45, 2.75) is 0 Å². The van der Waals surface area contributed by atoms with Crippen LogP contribution in [0.3, 0.4) is 0 Å². The van der Waals surface area contributed by atoms with Gasteiger partial charge in [-0.3, -0.25) is 14.9 Å². The average Bonchev–Trinajstić information content (AvgIpc) is 2.94. The number of benzene rings is 1. The number of amides is 1. The lowest BCUT2D eigenvalue weighted by Crippen LogP contribution is -2.22. The molecular formula is C14H10N2O4. The van der Waals surface area contributed by atoms with E-state index in [0.717, 1.165) is 0 Å². The molecule has 1 aromatic carbocycles. The fourth-order valence-electron chi connectivity index (χ4n) is 1.58. The third-order valence-corrected chi connectivity index (χ3v) is 2.54. The zero-order valence-electron chi connectivity index (χ0n) is 10.3. The molecule has 2 rings (SSSR count). The molecule has 0 aliphatic heterocycles. The van der Waals surface area contributed by atoms with Crippen LogP contribution in [0, 0.1) is 22.5 Å². The lowest BCUT2D eigenvalue weighted by atomic mass is 10.1. The van der Waals surface area contributed by atoms with Crippen molar-refractivity contribution in [3.05, 3.63) is 52.3 Å². The highest BCUT2D eigenvalue weighted by atomic mass is 16.6. The molecule has 0 saturated heterocycles. The Morgan fingerprint density at radius 3 is 2.60 bits per heavy atom. The molecule has 0 fully saturated rings. The summed E-state index contributed by atoms with van der Waals surface area (Å²) in [5.41, 5.74) is 0.638. The quantitative estimate of drug-likeness (QED) is 0.524. The topological polar surface area (TPSA) is 85.4 Å². The van der Waals surface area contributed by atoms with Crippen LogP contribution in [-0.2, 0) is 0 Å². The van der Waals surface area contributed by atoms with E-state index in [0.29, 0.717) is 11.3 Å². The lowest BCUT2D eigenvalue weighted by molar-refractivity contribution is -0.384. The number of nitro groups is 1. The maximum atomic E-state index is 11.6. The van der Waals surface area contributed by atoms with Crippen molar-refractivity contribution < 1.29 is 14.1 Å². The fourth-order valence-corrected chi connectivity index (χ4v) is 1.58. The Balaban J connectivity index is 2.18. The highest BCUT2D eigenvalue weighted by Gasteiger charge is 2.12. The van der Waals surface area contributed by atoms with Gasteiger partial charge in [-0.2, -0.15) is 0 Å². The minimum Gasteiger partial charge on any atom is -0.451 e. The molecule has 0 unspecified atom stereocenters. The number of hydrogen-bond donors (Lipinski definition) is 1. The Labute approximate surface area is 114 Å². The van der Waals surface area contributed by atoms with E-state index in [1.807, 2.05) is 0 Å². The van der Waals surface area contributed by atoms with E-state index in [9.17, 15) is 14.9 Å². The summed E-state index contributed by atoms with van der Waals surface area (Å²) in [6.45, 7) is 0.117. The molecule has 0 radical (unpaired) electrons. The zero-order valence-corrected chi connectivity index (χ0v) is 10.3. The van der Waals surface area contributed by atoms with Crippen LogP contribution in [0.4, 0.5) is 5.69 Å². The van der Waals surface area contributed by atoms with Gasteiger partial charge in [-0.25, -0.2) is 0 Å². The summed E-state index contributed by atoms with van der Waals surface area (Å²) in [5.74, 6) is 2.46.